The molecule has 0 saturated carbocycles. The van der Waals surface area contributed by atoms with Gasteiger partial charge in [0, 0.05) is 12.1 Å². The van der Waals surface area contributed by atoms with Crippen LogP contribution >= 0.6 is 0 Å². The van der Waals surface area contributed by atoms with E-state index in [0.717, 1.165) is 69.2 Å². The summed E-state index contributed by atoms with van der Waals surface area (Å²) in [5.41, 5.74) is 3.59. The van der Waals surface area contributed by atoms with Gasteiger partial charge in [0.05, 0.1) is 35.6 Å². The lowest BCUT2D eigenvalue weighted by molar-refractivity contribution is 0.210. The maximum Gasteiger partial charge on any atom is 0.174 e. The van der Waals surface area contributed by atoms with Crippen molar-refractivity contribution in [1.29, 1.82) is 0 Å². The maximum atomic E-state index is 6.54. The van der Waals surface area contributed by atoms with Gasteiger partial charge in [0.25, 0.3) is 0 Å². The molecule has 0 fully saturated rings. The molecular weight excluding hydrogens is 592 g/mol. The van der Waals surface area contributed by atoms with Crippen molar-refractivity contribution in [2.45, 2.75) is 132 Å². The summed E-state index contributed by atoms with van der Waals surface area (Å²) < 4.78 is 13.1. The molecule has 1 aromatic heterocycles. The zero-order chi connectivity index (χ0) is 34.5. The molecule has 4 atom stereocenters. The van der Waals surface area contributed by atoms with Crippen LogP contribution in [0, 0.1) is 35.5 Å². The Hall–Kier alpha value is -3.02. The maximum absolute atomic E-state index is 6.54. The van der Waals surface area contributed by atoms with Gasteiger partial charge in [0.15, 0.2) is 23.1 Å². The van der Waals surface area contributed by atoms with Crippen molar-refractivity contribution < 1.29 is 9.47 Å². The Bertz CT molecular complexity index is 1290. The Morgan fingerprint density at radius 1 is 0.500 bits per heavy atom. The highest BCUT2D eigenvalue weighted by molar-refractivity contribution is 5.92. The summed E-state index contributed by atoms with van der Waals surface area (Å²) >= 11 is 0. The standard InChI is InChI=1S/C42H66N4O2/c1-29(2)15-11-17-31(5)19-13-21-33(7)27-47-39-25-37-38(46-42-41(45-37)43-35-23-9-10-24-36(35)44-42)26-40(39)48-28-34(8)22-14-20-32(6)18-12-16-30(3)4/h9-10,23-26,29-34H,11-22,27-28H2,1-8H3,(H,43,45)(H,44,46). The number of fused-ring (bicyclic) bond motifs is 3. The first-order valence-corrected chi connectivity index (χ1v) is 19.3. The Morgan fingerprint density at radius 2 is 0.854 bits per heavy atom. The van der Waals surface area contributed by atoms with Gasteiger partial charge in [-0.3, -0.25) is 0 Å². The van der Waals surface area contributed by atoms with Crippen LogP contribution in [0.3, 0.4) is 0 Å². The molecule has 3 aromatic rings. The number of aromatic nitrogens is 2. The van der Waals surface area contributed by atoms with Gasteiger partial charge in [0.1, 0.15) is 0 Å². The third kappa shape index (κ3) is 12.5. The fourth-order valence-corrected chi connectivity index (χ4v) is 6.72. The summed E-state index contributed by atoms with van der Waals surface area (Å²) in [4.78, 5) is 9.66. The van der Waals surface area contributed by atoms with Crippen LogP contribution in [-0.4, -0.2) is 23.2 Å². The predicted molar refractivity (Wildman–Crippen MR) is 205 cm³/mol. The number of ether oxygens (including phenoxy) is 2. The van der Waals surface area contributed by atoms with E-state index < -0.39 is 0 Å². The number of hydrogen-bond acceptors (Lipinski definition) is 6. The van der Waals surface area contributed by atoms with E-state index in [0.29, 0.717) is 25.0 Å². The summed E-state index contributed by atoms with van der Waals surface area (Å²) in [5, 5.41) is 7.02. The number of nitrogens with one attached hydrogen (secondary N) is 2. The molecule has 2 N–H and O–H groups in total. The number of para-hydroxylation sites is 2. The molecule has 1 aliphatic rings. The first-order chi connectivity index (χ1) is 23.1. The van der Waals surface area contributed by atoms with Crippen molar-refractivity contribution in [1.82, 2.24) is 9.97 Å². The van der Waals surface area contributed by atoms with Gasteiger partial charge in [0.2, 0.25) is 0 Å². The van der Waals surface area contributed by atoms with E-state index in [1.54, 1.807) is 0 Å². The highest BCUT2D eigenvalue weighted by atomic mass is 16.5. The first-order valence-electron chi connectivity index (χ1n) is 19.3. The van der Waals surface area contributed by atoms with Crippen LogP contribution in [0.1, 0.15) is 132 Å². The second-order valence-electron chi connectivity index (χ2n) is 16.1. The Labute approximate surface area is 292 Å². The second kappa shape index (κ2) is 19.2. The van der Waals surface area contributed by atoms with Gasteiger partial charge in [-0.1, -0.05) is 132 Å². The van der Waals surface area contributed by atoms with Gasteiger partial charge >= 0.3 is 0 Å². The quantitative estimate of drug-likeness (QED) is 0.0876. The van der Waals surface area contributed by atoms with E-state index >= 15 is 0 Å². The molecule has 0 radical (unpaired) electrons. The lowest BCUT2D eigenvalue weighted by Gasteiger charge is -2.25. The number of hydrogen-bond donors (Lipinski definition) is 2. The molecule has 2 heterocycles. The van der Waals surface area contributed by atoms with Crippen LogP contribution < -0.4 is 20.1 Å². The number of rotatable bonds is 22. The van der Waals surface area contributed by atoms with E-state index in [1.807, 2.05) is 24.3 Å². The Morgan fingerprint density at radius 3 is 1.23 bits per heavy atom. The van der Waals surface area contributed by atoms with Gasteiger partial charge in [-0.05, 0) is 60.5 Å². The number of nitrogens with zero attached hydrogens (tertiary/aromatic N) is 2. The predicted octanol–water partition coefficient (Wildman–Crippen LogP) is 12.7. The van der Waals surface area contributed by atoms with E-state index in [2.05, 4.69) is 78.2 Å². The third-order valence-electron chi connectivity index (χ3n) is 9.95. The molecule has 2 aromatic carbocycles. The molecule has 0 spiro atoms. The molecular formula is C42H66N4O2. The number of benzene rings is 2. The molecule has 6 heteroatoms. The third-order valence-corrected chi connectivity index (χ3v) is 9.95. The van der Waals surface area contributed by atoms with Gasteiger partial charge in [-0.25, -0.2) is 9.97 Å². The fourth-order valence-electron chi connectivity index (χ4n) is 6.72. The van der Waals surface area contributed by atoms with Crippen molar-refractivity contribution in [3.8, 4) is 11.5 Å². The lowest BCUT2D eigenvalue weighted by Crippen LogP contribution is -2.14. The zero-order valence-corrected chi connectivity index (χ0v) is 31.5. The highest BCUT2D eigenvalue weighted by Gasteiger charge is 2.22. The van der Waals surface area contributed by atoms with E-state index in [1.165, 1.54) is 77.0 Å². The molecule has 48 heavy (non-hydrogen) atoms. The van der Waals surface area contributed by atoms with E-state index in [4.69, 9.17) is 19.4 Å². The Kier molecular flexibility index (Phi) is 15.1. The van der Waals surface area contributed by atoms with Crippen LogP contribution in [0.5, 0.6) is 11.5 Å². The van der Waals surface area contributed by atoms with E-state index in [9.17, 15) is 0 Å². The minimum atomic E-state index is 0.474. The molecule has 0 bridgehead atoms. The Balaban J connectivity index is 1.35. The molecule has 266 valence electrons. The zero-order valence-electron chi connectivity index (χ0n) is 31.5. The van der Waals surface area contributed by atoms with Gasteiger partial charge < -0.3 is 20.1 Å². The summed E-state index contributed by atoms with van der Waals surface area (Å²) in [6.07, 6.45) is 15.5. The average molecular weight is 659 g/mol. The summed E-state index contributed by atoms with van der Waals surface area (Å²) in [7, 11) is 0. The lowest BCUT2D eigenvalue weighted by atomic mass is 9.93. The minimum absolute atomic E-state index is 0.474. The second-order valence-corrected chi connectivity index (χ2v) is 16.1. The largest absolute Gasteiger partial charge is 0.489 e. The van der Waals surface area contributed by atoms with Crippen LogP contribution in [-0.2, 0) is 0 Å². The normalized spacial score (nSPS) is 15.0. The average Bonchev–Trinajstić information content (AvgIpc) is 3.04. The smallest absolute Gasteiger partial charge is 0.174 e. The summed E-state index contributed by atoms with van der Waals surface area (Å²) in [5.74, 6) is 7.20. The van der Waals surface area contributed by atoms with Crippen molar-refractivity contribution in [3.63, 3.8) is 0 Å². The fraction of sp³-hybridized carbons (Fsp3) is 0.667. The van der Waals surface area contributed by atoms with Gasteiger partial charge in [-0.2, -0.15) is 0 Å². The molecule has 4 rings (SSSR count). The molecule has 4 unspecified atom stereocenters. The topological polar surface area (TPSA) is 68.3 Å². The first kappa shape index (κ1) is 37.8. The van der Waals surface area contributed by atoms with Crippen LogP contribution in [0.15, 0.2) is 36.4 Å². The van der Waals surface area contributed by atoms with Crippen LogP contribution in [0.4, 0.5) is 23.0 Å². The molecule has 0 saturated heterocycles. The molecule has 0 amide bonds. The highest BCUT2D eigenvalue weighted by Crippen LogP contribution is 2.44. The van der Waals surface area contributed by atoms with Crippen molar-refractivity contribution >= 4 is 34.0 Å². The minimum Gasteiger partial charge on any atom is -0.489 e. The van der Waals surface area contributed by atoms with Crippen molar-refractivity contribution in [3.05, 3.63) is 36.4 Å². The summed E-state index contributed by atoms with van der Waals surface area (Å²) in [6.45, 7) is 20.1. The SMILES string of the molecule is CC(C)CCCC(C)CCCC(C)COc1cc2c(cc1OCC(C)CCCC(C)CCCC(C)C)Nc1nc3ccccc3nc1N2. The molecule has 6 nitrogen and oxygen atoms in total. The molecule has 0 aliphatic carbocycles. The molecule has 1 aliphatic heterocycles. The summed E-state index contributed by atoms with van der Waals surface area (Å²) in [6, 6.07) is 12.1. The van der Waals surface area contributed by atoms with Crippen LogP contribution in [0.25, 0.3) is 11.0 Å². The monoisotopic (exact) mass is 659 g/mol. The van der Waals surface area contributed by atoms with E-state index in [-0.39, 0.29) is 0 Å². The van der Waals surface area contributed by atoms with Gasteiger partial charge in [-0.15, -0.1) is 0 Å². The number of anilines is 4. The van der Waals surface area contributed by atoms with Crippen molar-refractivity contribution in [2.24, 2.45) is 35.5 Å². The van der Waals surface area contributed by atoms with Crippen molar-refractivity contribution in [2.75, 3.05) is 23.8 Å². The van der Waals surface area contributed by atoms with Crippen LogP contribution in [0.2, 0.25) is 0 Å².